The molecule has 30 heavy (non-hydrogen) atoms. The molecule has 2 aromatic rings. The van der Waals surface area contributed by atoms with Gasteiger partial charge in [-0.3, -0.25) is 4.79 Å². The number of aromatic hydroxyl groups is 1. The molecular weight excluding hydrogens is 384 g/mol. The molecule has 0 bridgehead atoms. The van der Waals surface area contributed by atoms with Crippen molar-refractivity contribution >= 4 is 17.5 Å². The molecule has 0 amide bonds. The number of fused-ring (bicyclic) bond motifs is 1. The van der Waals surface area contributed by atoms with Gasteiger partial charge in [-0.05, 0) is 25.0 Å². The van der Waals surface area contributed by atoms with Crippen LogP contribution in [0, 0.1) is 0 Å². The Bertz CT molecular complexity index is 899. The third-order valence-electron chi connectivity index (χ3n) is 5.49. The summed E-state index contributed by atoms with van der Waals surface area (Å²) in [5.74, 6) is 1.86. The molecule has 1 aromatic carbocycles. The zero-order chi connectivity index (χ0) is 20.9. The average molecular weight is 412 g/mol. The summed E-state index contributed by atoms with van der Waals surface area (Å²) in [6.07, 6.45) is 2.00. The number of aromatic nitrogens is 2. The molecule has 8 heteroatoms. The molecule has 0 aliphatic carbocycles. The SMILES string of the molecule is COCCCC(=O)CN1CCc2c(-c3cccc(O)c3)nc(N3CCOCC3)nc21. The van der Waals surface area contributed by atoms with Crippen LogP contribution in [0.1, 0.15) is 18.4 Å². The molecule has 0 atom stereocenters. The highest BCUT2D eigenvalue weighted by atomic mass is 16.5. The number of anilines is 2. The highest BCUT2D eigenvalue weighted by Gasteiger charge is 2.29. The van der Waals surface area contributed by atoms with E-state index < -0.39 is 0 Å². The Morgan fingerprint density at radius 3 is 2.83 bits per heavy atom. The van der Waals surface area contributed by atoms with Crippen molar-refractivity contribution < 1.29 is 19.4 Å². The minimum Gasteiger partial charge on any atom is -0.508 e. The van der Waals surface area contributed by atoms with Crippen molar-refractivity contribution in [2.24, 2.45) is 0 Å². The fourth-order valence-corrected chi connectivity index (χ4v) is 3.96. The smallest absolute Gasteiger partial charge is 0.228 e. The number of phenolic OH excluding ortho intramolecular Hbond substituents is 1. The van der Waals surface area contributed by atoms with E-state index in [1.165, 1.54) is 0 Å². The van der Waals surface area contributed by atoms with Crippen LogP contribution in [-0.4, -0.2) is 74.0 Å². The maximum absolute atomic E-state index is 12.5. The molecule has 3 heterocycles. The van der Waals surface area contributed by atoms with Gasteiger partial charge in [0.05, 0.1) is 25.5 Å². The molecule has 0 unspecified atom stereocenters. The lowest BCUT2D eigenvalue weighted by molar-refractivity contribution is -0.118. The lowest BCUT2D eigenvalue weighted by Crippen LogP contribution is -2.38. The molecule has 4 rings (SSSR count). The molecule has 1 N–H and O–H groups in total. The summed E-state index contributed by atoms with van der Waals surface area (Å²) in [5.41, 5.74) is 2.71. The Labute approximate surface area is 176 Å². The van der Waals surface area contributed by atoms with Crippen LogP contribution in [0.15, 0.2) is 24.3 Å². The summed E-state index contributed by atoms with van der Waals surface area (Å²) >= 11 is 0. The van der Waals surface area contributed by atoms with E-state index in [2.05, 4.69) is 9.80 Å². The number of ether oxygens (including phenoxy) is 2. The van der Waals surface area contributed by atoms with Gasteiger partial charge >= 0.3 is 0 Å². The number of Topliss-reactive ketones (excluding diaryl/α,β-unsaturated/α-hetero) is 1. The zero-order valence-electron chi connectivity index (χ0n) is 17.3. The van der Waals surface area contributed by atoms with Crippen molar-refractivity contribution in [2.45, 2.75) is 19.3 Å². The molecule has 2 aliphatic rings. The van der Waals surface area contributed by atoms with Gasteiger partial charge in [-0.1, -0.05) is 12.1 Å². The van der Waals surface area contributed by atoms with E-state index in [1.807, 2.05) is 12.1 Å². The van der Waals surface area contributed by atoms with Crippen LogP contribution in [0.3, 0.4) is 0 Å². The lowest BCUT2D eigenvalue weighted by atomic mass is 10.1. The first-order valence-corrected chi connectivity index (χ1v) is 10.4. The maximum Gasteiger partial charge on any atom is 0.228 e. The number of carbonyl (C=O) groups excluding carboxylic acids is 1. The summed E-state index contributed by atoms with van der Waals surface area (Å²) in [6, 6.07) is 7.15. The predicted octanol–water partition coefficient (Wildman–Crippen LogP) is 2.04. The van der Waals surface area contributed by atoms with Crippen LogP contribution < -0.4 is 9.80 Å². The third kappa shape index (κ3) is 4.55. The number of nitrogens with zero attached hydrogens (tertiary/aromatic N) is 4. The first-order chi connectivity index (χ1) is 14.7. The van der Waals surface area contributed by atoms with Crippen LogP contribution >= 0.6 is 0 Å². The number of hydrogen-bond donors (Lipinski definition) is 1. The second kappa shape index (κ2) is 9.40. The van der Waals surface area contributed by atoms with Gasteiger partial charge in [0, 0.05) is 50.9 Å². The van der Waals surface area contributed by atoms with E-state index in [9.17, 15) is 9.90 Å². The molecule has 160 valence electrons. The normalized spacial score (nSPS) is 16.0. The first-order valence-electron chi connectivity index (χ1n) is 10.4. The van der Waals surface area contributed by atoms with Crippen LogP contribution in [0.2, 0.25) is 0 Å². The molecule has 0 radical (unpaired) electrons. The Balaban J connectivity index is 1.66. The van der Waals surface area contributed by atoms with Gasteiger partial charge in [0.1, 0.15) is 11.6 Å². The highest BCUT2D eigenvalue weighted by molar-refractivity contribution is 5.85. The number of ketones is 1. The average Bonchev–Trinajstić information content (AvgIpc) is 3.16. The van der Waals surface area contributed by atoms with E-state index in [4.69, 9.17) is 19.4 Å². The zero-order valence-corrected chi connectivity index (χ0v) is 17.3. The van der Waals surface area contributed by atoms with Gasteiger partial charge in [0.2, 0.25) is 5.95 Å². The summed E-state index contributed by atoms with van der Waals surface area (Å²) in [4.78, 5) is 26.4. The maximum atomic E-state index is 12.5. The predicted molar refractivity (Wildman–Crippen MR) is 114 cm³/mol. The number of carbonyl (C=O) groups is 1. The van der Waals surface area contributed by atoms with Crippen LogP contribution in [0.25, 0.3) is 11.3 Å². The molecule has 0 spiro atoms. The fraction of sp³-hybridized carbons (Fsp3) is 0.500. The molecule has 1 fully saturated rings. The van der Waals surface area contributed by atoms with Crippen molar-refractivity contribution in [1.82, 2.24) is 9.97 Å². The van der Waals surface area contributed by atoms with Gasteiger partial charge in [0.15, 0.2) is 5.78 Å². The molecule has 1 aromatic heterocycles. The topological polar surface area (TPSA) is 88.0 Å². The number of phenols is 1. The van der Waals surface area contributed by atoms with Gasteiger partial charge in [-0.2, -0.15) is 4.98 Å². The Hall–Kier alpha value is -2.71. The number of methoxy groups -OCH3 is 1. The fourth-order valence-electron chi connectivity index (χ4n) is 3.96. The molecular formula is C22H28N4O4. The largest absolute Gasteiger partial charge is 0.508 e. The Morgan fingerprint density at radius 2 is 2.07 bits per heavy atom. The number of hydrogen-bond acceptors (Lipinski definition) is 8. The van der Waals surface area contributed by atoms with E-state index in [-0.39, 0.29) is 11.5 Å². The second-order valence-corrected chi connectivity index (χ2v) is 7.63. The van der Waals surface area contributed by atoms with Gasteiger partial charge < -0.3 is 24.4 Å². The van der Waals surface area contributed by atoms with Gasteiger partial charge in [0.25, 0.3) is 0 Å². The Kier molecular flexibility index (Phi) is 6.44. The lowest BCUT2D eigenvalue weighted by Gasteiger charge is -2.28. The minimum atomic E-state index is 0.186. The molecule has 2 aliphatic heterocycles. The standard InChI is InChI=1S/C22H28N4O4/c1-29-11-3-6-18(28)15-26-8-7-19-20(16-4-2-5-17(27)14-16)23-22(24-21(19)26)25-9-12-30-13-10-25/h2,4-5,14,27H,3,6-13,15H2,1H3. The summed E-state index contributed by atoms with van der Waals surface area (Å²) in [5, 5.41) is 9.98. The van der Waals surface area contributed by atoms with Crippen molar-refractivity contribution in [3.8, 4) is 17.0 Å². The van der Waals surface area contributed by atoms with E-state index in [1.54, 1.807) is 19.2 Å². The first kappa shape index (κ1) is 20.6. The van der Waals surface area contributed by atoms with E-state index >= 15 is 0 Å². The number of morpholine rings is 1. The van der Waals surface area contributed by atoms with Crippen LogP contribution in [-0.2, 0) is 20.7 Å². The van der Waals surface area contributed by atoms with Crippen molar-refractivity contribution in [3.63, 3.8) is 0 Å². The van der Waals surface area contributed by atoms with Gasteiger partial charge in [-0.15, -0.1) is 0 Å². The van der Waals surface area contributed by atoms with E-state index in [0.29, 0.717) is 38.7 Å². The third-order valence-corrected chi connectivity index (χ3v) is 5.49. The molecule has 8 nitrogen and oxygen atoms in total. The number of benzene rings is 1. The van der Waals surface area contributed by atoms with E-state index in [0.717, 1.165) is 55.1 Å². The number of rotatable bonds is 8. The van der Waals surface area contributed by atoms with Crippen molar-refractivity contribution in [2.75, 3.05) is 62.9 Å². The summed E-state index contributed by atoms with van der Waals surface area (Å²) in [6.45, 7) is 4.41. The van der Waals surface area contributed by atoms with Crippen molar-refractivity contribution in [1.29, 1.82) is 0 Å². The molecule has 0 saturated carbocycles. The Morgan fingerprint density at radius 1 is 1.23 bits per heavy atom. The molecule has 1 saturated heterocycles. The van der Waals surface area contributed by atoms with Gasteiger partial charge in [-0.25, -0.2) is 4.98 Å². The summed E-state index contributed by atoms with van der Waals surface area (Å²) in [7, 11) is 1.65. The highest BCUT2D eigenvalue weighted by Crippen LogP contribution is 2.36. The second-order valence-electron chi connectivity index (χ2n) is 7.63. The minimum absolute atomic E-state index is 0.186. The quantitative estimate of drug-likeness (QED) is 0.659. The van der Waals surface area contributed by atoms with Crippen LogP contribution in [0.5, 0.6) is 5.75 Å². The van der Waals surface area contributed by atoms with Crippen molar-refractivity contribution in [3.05, 3.63) is 29.8 Å². The van der Waals surface area contributed by atoms with Crippen LogP contribution in [0.4, 0.5) is 11.8 Å². The summed E-state index contributed by atoms with van der Waals surface area (Å²) < 4.78 is 10.5. The monoisotopic (exact) mass is 412 g/mol.